The lowest BCUT2D eigenvalue weighted by atomic mass is 9.99. The van der Waals surface area contributed by atoms with Crippen molar-refractivity contribution in [2.45, 2.75) is 51.3 Å². The van der Waals surface area contributed by atoms with Gasteiger partial charge in [0, 0.05) is 24.5 Å². The van der Waals surface area contributed by atoms with Gasteiger partial charge in [-0.1, -0.05) is 48.5 Å². The number of likely N-dealkylation sites (tertiary alicyclic amines) is 1. The fraction of sp³-hybridized carbons (Fsp3) is 0.484. The van der Waals surface area contributed by atoms with Crippen LogP contribution < -0.4 is 10.2 Å². The van der Waals surface area contributed by atoms with E-state index < -0.39 is 30.6 Å². The minimum atomic E-state index is -1.10. The van der Waals surface area contributed by atoms with E-state index in [4.69, 9.17) is 9.47 Å². The van der Waals surface area contributed by atoms with Crippen LogP contribution >= 0.6 is 11.8 Å². The summed E-state index contributed by atoms with van der Waals surface area (Å²) >= 11 is 1.62. The number of hydrogen-bond donors (Lipinski definition) is 2. The predicted octanol–water partition coefficient (Wildman–Crippen LogP) is 3.72. The molecule has 2 heterocycles. The number of para-hydroxylation sites is 1. The second-order valence-electron chi connectivity index (χ2n) is 10.5. The van der Waals surface area contributed by atoms with E-state index in [1.807, 2.05) is 42.5 Å². The average Bonchev–Trinajstić information content (AvgIpc) is 3.12. The lowest BCUT2D eigenvalue weighted by molar-refractivity contribution is -0.145. The SMILES string of the molecule is CCOC(=O)[C@H](CSCC1CCN(C(=O)OCc2ccccc2)CC1)NC1CCc2ccccc2N(CC(=O)O)C1=O. The molecule has 42 heavy (non-hydrogen) atoms. The Balaban J connectivity index is 1.28. The first-order chi connectivity index (χ1) is 20.4. The number of piperidine rings is 1. The van der Waals surface area contributed by atoms with E-state index >= 15 is 0 Å². The van der Waals surface area contributed by atoms with Crippen LogP contribution in [0, 0.1) is 5.92 Å². The quantitative estimate of drug-likeness (QED) is 0.352. The van der Waals surface area contributed by atoms with Crippen LogP contribution in [0.4, 0.5) is 10.5 Å². The average molecular weight is 598 g/mol. The second kappa shape index (κ2) is 15.6. The Morgan fingerprint density at radius 2 is 1.74 bits per heavy atom. The molecule has 1 fully saturated rings. The summed E-state index contributed by atoms with van der Waals surface area (Å²) in [5.74, 6) is -0.301. The molecule has 2 aromatic carbocycles. The summed E-state index contributed by atoms with van der Waals surface area (Å²) in [6, 6.07) is 15.5. The number of hydrogen-bond acceptors (Lipinski definition) is 8. The van der Waals surface area contributed by atoms with Crippen LogP contribution in [0.5, 0.6) is 0 Å². The van der Waals surface area contributed by atoms with Crippen molar-refractivity contribution in [2.24, 2.45) is 5.92 Å². The molecule has 1 saturated heterocycles. The van der Waals surface area contributed by atoms with Crippen LogP contribution in [0.15, 0.2) is 54.6 Å². The lowest BCUT2D eigenvalue weighted by Gasteiger charge is -2.31. The Morgan fingerprint density at radius 3 is 2.45 bits per heavy atom. The number of nitrogens with one attached hydrogen (secondary N) is 1. The van der Waals surface area contributed by atoms with Gasteiger partial charge in [-0.05, 0) is 61.5 Å². The predicted molar refractivity (Wildman–Crippen MR) is 160 cm³/mol. The highest BCUT2D eigenvalue weighted by atomic mass is 32.2. The van der Waals surface area contributed by atoms with Gasteiger partial charge in [0.2, 0.25) is 5.91 Å². The minimum Gasteiger partial charge on any atom is -0.480 e. The van der Waals surface area contributed by atoms with Crippen molar-refractivity contribution in [1.29, 1.82) is 0 Å². The number of carboxylic acids is 1. The summed E-state index contributed by atoms with van der Waals surface area (Å²) in [7, 11) is 0. The van der Waals surface area contributed by atoms with Gasteiger partial charge in [-0.25, -0.2) is 4.79 Å². The Kier molecular flexibility index (Phi) is 11.7. The van der Waals surface area contributed by atoms with Gasteiger partial charge in [0.15, 0.2) is 0 Å². The zero-order valence-corrected chi connectivity index (χ0v) is 24.7. The normalized spacial score (nSPS) is 18.1. The van der Waals surface area contributed by atoms with Crippen molar-refractivity contribution >= 4 is 41.4 Å². The van der Waals surface area contributed by atoms with E-state index in [0.29, 0.717) is 43.3 Å². The molecule has 0 bridgehead atoms. The van der Waals surface area contributed by atoms with Crippen LogP contribution in [-0.2, 0) is 36.9 Å². The number of benzene rings is 2. The van der Waals surface area contributed by atoms with E-state index in [1.165, 1.54) is 4.90 Å². The highest BCUT2D eigenvalue weighted by molar-refractivity contribution is 7.99. The third-order valence-electron chi connectivity index (χ3n) is 7.53. The molecule has 4 rings (SSSR count). The highest BCUT2D eigenvalue weighted by Gasteiger charge is 2.35. The molecule has 0 aliphatic carbocycles. The molecule has 0 radical (unpaired) electrons. The van der Waals surface area contributed by atoms with Gasteiger partial charge in [-0.15, -0.1) is 0 Å². The van der Waals surface area contributed by atoms with Crippen molar-refractivity contribution in [1.82, 2.24) is 10.2 Å². The summed E-state index contributed by atoms with van der Waals surface area (Å²) in [4.78, 5) is 53.5. The first-order valence-corrected chi connectivity index (χ1v) is 15.6. The Labute approximate surface area is 250 Å². The summed E-state index contributed by atoms with van der Waals surface area (Å²) in [6.45, 7) is 3.00. The van der Waals surface area contributed by atoms with E-state index in [0.717, 1.165) is 29.7 Å². The van der Waals surface area contributed by atoms with E-state index in [9.17, 15) is 24.3 Å². The van der Waals surface area contributed by atoms with Gasteiger partial charge in [-0.3, -0.25) is 24.6 Å². The number of thioether (sulfide) groups is 1. The summed E-state index contributed by atoms with van der Waals surface area (Å²) in [5, 5.41) is 12.7. The number of anilines is 1. The maximum atomic E-state index is 13.5. The monoisotopic (exact) mass is 597 g/mol. The van der Waals surface area contributed by atoms with Gasteiger partial charge in [-0.2, -0.15) is 11.8 Å². The number of ether oxygens (including phenoxy) is 2. The number of rotatable bonds is 12. The molecule has 0 saturated carbocycles. The molecule has 2 atom stereocenters. The zero-order chi connectivity index (χ0) is 29.9. The third kappa shape index (κ3) is 8.72. The molecule has 226 valence electrons. The van der Waals surface area contributed by atoms with Crippen LogP contribution in [0.2, 0.25) is 0 Å². The number of aryl methyl sites for hydroxylation is 1. The molecule has 2 amide bonds. The summed E-state index contributed by atoms with van der Waals surface area (Å²) in [5.41, 5.74) is 2.44. The first kappa shape index (κ1) is 31.4. The fourth-order valence-electron chi connectivity index (χ4n) is 5.28. The van der Waals surface area contributed by atoms with Crippen LogP contribution in [0.1, 0.15) is 37.3 Å². The first-order valence-electron chi connectivity index (χ1n) is 14.4. The molecule has 2 N–H and O–H groups in total. The van der Waals surface area contributed by atoms with Crippen LogP contribution in [-0.4, -0.2) is 83.8 Å². The molecule has 1 unspecified atom stereocenters. The number of aliphatic carboxylic acids is 1. The Bertz CT molecular complexity index is 1220. The number of carboxylic acid groups (broad SMARTS) is 1. The Hall–Kier alpha value is -3.57. The van der Waals surface area contributed by atoms with Crippen molar-refractivity contribution in [3.8, 4) is 0 Å². The molecule has 2 aliphatic rings. The molecule has 0 spiro atoms. The maximum absolute atomic E-state index is 13.5. The summed E-state index contributed by atoms with van der Waals surface area (Å²) in [6.07, 6.45) is 2.39. The van der Waals surface area contributed by atoms with Gasteiger partial charge in [0.1, 0.15) is 19.2 Å². The van der Waals surface area contributed by atoms with Crippen LogP contribution in [0.25, 0.3) is 0 Å². The van der Waals surface area contributed by atoms with Gasteiger partial charge in [0.25, 0.3) is 0 Å². The highest BCUT2D eigenvalue weighted by Crippen LogP contribution is 2.28. The molecular weight excluding hydrogens is 558 g/mol. The van der Waals surface area contributed by atoms with Crippen molar-refractivity contribution in [2.75, 3.05) is 42.6 Å². The third-order valence-corrected chi connectivity index (χ3v) is 8.81. The molecule has 0 aromatic heterocycles. The number of fused-ring (bicyclic) bond motifs is 1. The van der Waals surface area contributed by atoms with E-state index in [2.05, 4.69) is 5.32 Å². The summed E-state index contributed by atoms with van der Waals surface area (Å²) < 4.78 is 10.8. The molecule has 10 nitrogen and oxygen atoms in total. The molecule has 2 aromatic rings. The van der Waals surface area contributed by atoms with Crippen molar-refractivity contribution in [3.63, 3.8) is 0 Å². The van der Waals surface area contributed by atoms with Gasteiger partial charge in [0.05, 0.1) is 12.6 Å². The zero-order valence-electron chi connectivity index (χ0n) is 23.9. The maximum Gasteiger partial charge on any atom is 0.410 e. The van der Waals surface area contributed by atoms with Gasteiger partial charge >= 0.3 is 18.0 Å². The van der Waals surface area contributed by atoms with Gasteiger partial charge < -0.3 is 19.5 Å². The molecule has 11 heteroatoms. The van der Waals surface area contributed by atoms with Crippen molar-refractivity contribution in [3.05, 3.63) is 65.7 Å². The Morgan fingerprint density at radius 1 is 1.02 bits per heavy atom. The minimum absolute atomic E-state index is 0.218. The van der Waals surface area contributed by atoms with E-state index in [-0.39, 0.29) is 25.2 Å². The van der Waals surface area contributed by atoms with Crippen LogP contribution in [0.3, 0.4) is 0 Å². The standard InChI is InChI=1S/C31H39N3O7S/c1-2-40-30(38)26(32-25-13-12-24-10-6-7-11-27(24)34(29(25)37)18-28(35)36)21-42-20-23-14-16-33(17-15-23)31(39)41-19-22-8-4-3-5-9-22/h3-11,23,25-26,32H,2,12-21H2,1H3,(H,35,36)/t25?,26-/m0/s1. The number of carbonyl (C=O) groups is 4. The number of amides is 2. The lowest BCUT2D eigenvalue weighted by Crippen LogP contribution is -2.53. The topological polar surface area (TPSA) is 125 Å². The number of esters is 1. The largest absolute Gasteiger partial charge is 0.480 e. The smallest absolute Gasteiger partial charge is 0.410 e. The molecular formula is C31H39N3O7S. The molecule has 2 aliphatic heterocycles. The number of nitrogens with zero attached hydrogens (tertiary/aromatic N) is 2. The van der Waals surface area contributed by atoms with Crippen molar-refractivity contribution < 1.29 is 33.8 Å². The second-order valence-corrected chi connectivity index (χ2v) is 11.6. The fourth-order valence-corrected chi connectivity index (χ4v) is 6.55. The number of carbonyl (C=O) groups excluding carboxylic acids is 3. The van der Waals surface area contributed by atoms with E-state index in [1.54, 1.807) is 35.7 Å².